The molecule has 1 unspecified atom stereocenters. The van der Waals surface area contributed by atoms with E-state index in [-0.39, 0.29) is 18.0 Å². The van der Waals surface area contributed by atoms with E-state index in [0.29, 0.717) is 0 Å². The van der Waals surface area contributed by atoms with Crippen molar-refractivity contribution in [3.05, 3.63) is 59.7 Å². The Morgan fingerprint density at radius 3 is 2.46 bits per heavy atom. The Morgan fingerprint density at radius 2 is 1.81 bits per heavy atom. The molecule has 5 nitrogen and oxygen atoms in total. The molecule has 1 N–H and O–H groups in total. The average Bonchev–Trinajstić information content (AvgIpc) is 3.11. The minimum Gasteiger partial charge on any atom is -0.317 e. The van der Waals surface area contributed by atoms with Crippen molar-refractivity contribution in [2.75, 3.05) is 23.8 Å². The molecule has 1 atom stereocenters. The molecule has 5 heteroatoms. The minimum absolute atomic E-state index is 0.0278. The number of anilines is 2. The van der Waals surface area contributed by atoms with Gasteiger partial charge in [-0.25, -0.2) is 4.79 Å². The second kappa shape index (κ2) is 7.60. The molecule has 0 saturated carbocycles. The zero-order valence-electron chi connectivity index (χ0n) is 15.5. The summed E-state index contributed by atoms with van der Waals surface area (Å²) < 4.78 is 0. The van der Waals surface area contributed by atoms with E-state index in [1.165, 1.54) is 18.1 Å². The summed E-state index contributed by atoms with van der Waals surface area (Å²) in [7, 11) is 1.73. The highest BCUT2D eigenvalue weighted by atomic mass is 16.2. The van der Waals surface area contributed by atoms with Crippen LogP contribution in [0.4, 0.5) is 16.2 Å². The van der Waals surface area contributed by atoms with Gasteiger partial charge in [0, 0.05) is 31.9 Å². The Hall–Kier alpha value is -2.82. The fourth-order valence-corrected chi connectivity index (χ4v) is 3.44. The third-order valence-corrected chi connectivity index (χ3v) is 5.04. The zero-order chi connectivity index (χ0) is 18.7. The first-order valence-electron chi connectivity index (χ1n) is 8.95. The van der Waals surface area contributed by atoms with Crippen LogP contribution in [0.5, 0.6) is 0 Å². The Bertz CT molecular complexity index is 801. The van der Waals surface area contributed by atoms with Crippen molar-refractivity contribution >= 4 is 23.3 Å². The van der Waals surface area contributed by atoms with Crippen molar-refractivity contribution < 1.29 is 9.59 Å². The number of benzene rings is 2. The lowest BCUT2D eigenvalue weighted by atomic mass is 9.99. The lowest BCUT2D eigenvalue weighted by Gasteiger charge is -2.26. The molecule has 2 aromatic carbocycles. The number of hydrogen-bond acceptors (Lipinski definition) is 2. The number of carbonyl (C=O) groups is 2. The Balaban J connectivity index is 1.71. The average molecular weight is 351 g/mol. The number of carbonyl (C=O) groups excluding carboxylic acids is 2. The Labute approximate surface area is 154 Å². The predicted molar refractivity (Wildman–Crippen MR) is 104 cm³/mol. The summed E-state index contributed by atoms with van der Waals surface area (Å²) in [5.74, 6) is -0.0278. The molecule has 3 rings (SSSR count). The molecular formula is C21H25N3O2. The van der Waals surface area contributed by atoms with E-state index in [4.69, 9.17) is 0 Å². The summed E-state index contributed by atoms with van der Waals surface area (Å²) in [6.07, 6.45) is 2.00. The van der Waals surface area contributed by atoms with Crippen LogP contribution in [0.25, 0.3) is 0 Å². The van der Waals surface area contributed by atoms with E-state index >= 15 is 0 Å². The first-order chi connectivity index (χ1) is 12.5. The molecule has 1 aliphatic heterocycles. The minimum atomic E-state index is -0.0802. The summed E-state index contributed by atoms with van der Waals surface area (Å²) in [6, 6.07) is 15.6. The van der Waals surface area contributed by atoms with Gasteiger partial charge in [-0.3, -0.25) is 4.79 Å². The van der Waals surface area contributed by atoms with E-state index in [9.17, 15) is 9.59 Å². The van der Waals surface area contributed by atoms with E-state index in [2.05, 4.69) is 24.4 Å². The third kappa shape index (κ3) is 3.72. The molecule has 3 amide bonds. The molecule has 136 valence electrons. The van der Waals surface area contributed by atoms with Gasteiger partial charge in [-0.1, -0.05) is 24.3 Å². The number of amides is 3. The summed E-state index contributed by atoms with van der Waals surface area (Å²) in [6.45, 7) is 4.37. The highest BCUT2D eigenvalue weighted by molar-refractivity contribution is 5.92. The number of urea groups is 1. The number of hydrogen-bond donors (Lipinski definition) is 1. The van der Waals surface area contributed by atoms with Crippen LogP contribution in [0.2, 0.25) is 0 Å². The van der Waals surface area contributed by atoms with Crippen LogP contribution in [0.1, 0.15) is 36.9 Å². The normalized spacial score (nSPS) is 16.4. The van der Waals surface area contributed by atoms with Crippen LogP contribution < -0.4 is 10.2 Å². The molecule has 0 aliphatic carbocycles. The maximum absolute atomic E-state index is 12.8. The van der Waals surface area contributed by atoms with Crippen LogP contribution in [-0.2, 0) is 4.79 Å². The molecule has 0 aromatic heterocycles. The molecule has 0 bridgehead atoms. The van der Waals surface area contributed by atoms with Crippen molar-refractivity contribution in [1.82, 2.24) is 4.90 Å². The van der Waals surface area contributed by atoms with Crippen molar-refractivity contribution in [3.63, 3.8) is 0 Å². The fourth-order valence-electron chi connectivity index (χ4n) is 3.44. The van der Waals surface area contributed by atoms with Crippen molar-refractivity contribution in [2.24, 2.45) is 0 Å². The number of nitrogens with one attached hydrogen (secondary N) is 1. The van der Waals surface area contributed by atoms with Crippen LogP contribution in [0.3, 0.4) is 0 Å². The standard InChI is InChI=1S/C21H25N3O2/c1-15-7-4-5-8-19(15)20-9-6-14-24(20)21(26)22-17-10-12-18(13-11-17)23(3)16(2)25/h4-5,7-8,10-13,20H,6,9,14H2,1-3H3,(H,22,26). The van der Waals surface area contributed by atoms with Gasteiger partial charge in [-0.2, -0.15) is 0 Å². The topological polar surface area (TPSA) is 52.7 Å². The second-order valence-corrected chi connectivity index (χ2v) is 6.76. The molecule has 1 saturated heterocycles. The van der Waals surface area contributed by atoms with Crippen molar-refractivity contribution in [1.29, 1.82) is 0 Å². The molecule has 26 heavy (non-hydrogen) atoms. The quantitative estimate of drug-likeness (QED) is 0.894. The second-order valence-electron chi connectivity index (χ2n) is 6.76. The first-order valence-corrected chi connectivity index (χ1v) is 8.95. The molecule has 2 aromatic rings. The van der Waals surface area contributed by atoms with Gasteiger partial charge in [0.05, 0.1) is 6.04 Å². The number of nitrogens with zero attached hydrogens (tertiary/aromatic N) is 2. The van der Waals surface area contributed by atoms with Gasteiger partial charge in [0.15, 0.2) is 0 Å². The molecule has 0 radical (unpaired) electrons. The molecule has 1 aliphatic rings. The lowest BCUT2D eigenvalue weighted by Crippen LogP contribution is -2.34. The largest absolute Gasteiger partial charge is 0.322 e. The maximum atomic E-state index is 12.8. The van der Waals surface area contributed by atoms with Gasteiger partial charge in [0.2, 0.25) is 5.91 Å². The Kier molecular flexibility index (Phi) is 5.26. The van der Waals surface area contributed by atoms with Crippen LogP contribution in [0.15, 0.2) is 48.5 Å². The summed E-state index contributed by atoms with van der Waals surface area (Å²) >= 11 is 0. The van der Waals surface area contributed by atoms with Crippen molar-refractivity contribution in [2.45, 2.75) is 32.7 Å². The molecule has 1 fully saturated rings. The van der Waals surface area contributed by atoms with Gasteiger partial charge in [-0.05, 0) is 55.2 Å². The molecule has 1 heterocycles. The predicted octanol–water partition coefficient (Wildman–Crippen LogP) is 4.35. The molecular weight excluding hydrogens is 326 g/mol. The van der Waals surface area contributed by atoms with E-state index in [0.717, 1.165) is 30.8 Å². The summed E-state index contributed by atoms with van der Waals surface area (Å²) in [5, 5.41) is 2.98. The van der Waals surface area contributed by atoms with Gasteiger partial charge in [0.25, 0.3) is 0 Å². The highest BCUT2D eigenvalue weighted by Gasteiger charge is 2.30. The SMILES string of the molecule is CC(=O)N(C)c1ccc(NC(=O)N2CCCC2c2ccccc2C)cc1. The number of aryl methyl sites for hydroxylation is 1. The monoisotopic (exact) mass is 351 g/mol. The maximum Gasteiger partial charge on any atom is 0.322 e. The number of rotatable bonds is 3. The van der Waals surface area contributed by atoms with Crippen molar-refractivity contribution in [3.8, 4) is 0 Å². The number of likely N-dealkylation sites (tertiary alicyclic amines) is 1. The lowest BCUT2D eigenvalue weighted by molar-refractivity contribution is -0.116. The highest BCUT2D eigenvalue weighted by Crippen LogP contribution is 2.34. The van der Waals surface area contributed by atoms with Crippen LogP contribution in [-0.4, -0.2) is 30.4 Å². The first kappa shape index (κ1) is 18.0. The van der Waals surface area contributed by atoms with Crippen LogP contribution >= 0.6 is 0 Å². The van der Waals surface area contributed by atoms with E-state index < -0.39 is 0 Å². The van der Waals surface area contributed by atoms with Gasteiger partial charge < -0.3 is 15.1 Å². The fraction of sp³-hybridized carbons (Fsp3) is 0.333. The van der Waals surface area contributed by atoms with Crippen LogP contribution in [0, 0.1) is 6.92 Å². The Morgan fingerprint density at radius 1 is 1.12 bits per heavy atom. The van der Waals surface area contributed by atoms with E-state index in [1.54, 1.807) is 11.9 Å². The third-order valence-electron chi connectivity index (χ3n) is 5.04. The van der Waals surface area contributed by atoms with Gasteiger partial charge in [0.1, 0.15) is 0 Å². The van der Waals surface area contributed by atoms with Gasteiger partial charge in [-0.15, -0.1) is 0 Å². The smallest absolute Gasteiger partial charge is 0.317 e. The van der Waals surface area contributed by atoms with Gasteiger partial charge >= 0.3 is 6.03 Å². The zero-order valence-corrected chi connectivity index (χ0v) is 15.5. The summed E-state index contributed by atoms with van der Waals surface area (Å²) in [4.78, 5) is 27.7. The van der Waals surface area contributed by atoms with E-state index in [1.807, 2.05) is 41.3 Å². The molecule has 0 spiro atoms. The summed E-state index contributed by atoms with van der Waals surface area (Å²) in [5.41, 5.74) is 3.97.